The Labute approximate surface area is 49.3 Å². The summed E-state index contributed by atoms with van der Waals surface area (Å²) >= 11 is 0. The molecule has 0 aromatic rings. The minimum Gasteiger partial charge on any atom is -0.193 e. The molecule has 0 spiro atoms. The summed E-state index contributed by atoms with van der Waals surface area (Å²) in [5, 5.41) is 8.00. The summed E-state index contributed by atoms with van der Waals surface area (Å²) in [6, 6.07) is 1.84. The summed E-state index contributed by atoms with van der Waals surface area (Å²) in [4.78, 5) is 0. The first kappa shape index (κ1) is 6.71. The first-order chi connectivity index (χ1) is 3.81. The topological polar surface area (TPSA) is 23.8 Å². The Morgan fingerprint density at radius 3 is 2.62 bits per heavy atom. The van der Waals surface area contributed by atoms with Crippen molar-refractivity contribution in [3.05, 3.63) is 37.0 Å². The van der Waals surface area contributed by atoms with E-state index in [1.165, 1.54) is 6.08 Å². The van der Waals surface area contributed by atoms with Gasteiger partial charge < -0.3 is 0 Å². The van der Waals surface area contributed by atoms with Crippen LogP contribution >= 0.6 is 0 Å². The molecule has 0 heterocycles. The number of allylic oxidation sites excluding steroid dienone is 4. The van der Waals surface area contributed by atoms with Crippen LogP contribution in [-0.4, -0.2) is 0 Å². The van der Waals surface area contributed by atoms with Crippen LogP contribution in [0.2, 0.25) is 0 Å². The minimum absolute atomic E-state index is 0.756. The van der Waals surface area contributed by atoms with Gasteiger partial charge in [0.05, 0.1) is 6.07 Å². The number of hydrogen-bond acceptors (Lipinski definition) is 1. The van der Waals surface area contributed by atoms with Gasteiger partial charge in [0, 0.05) is 6.08 Å². The van der Waals surface area contributed by atoms with Crippen molar-refractivity contribution < 1.29 is 0 Å². The lowest BCUT2D eigenvalue weighted by Gasteiger charge is -1.78. The van der Waals surface area contributed by atoms with E-state index in [-0.39, 0.29) is 0 Å². The maximum Gasteiger partial charge on any atom is 0.0912 e. The number of nitriles is 1. The van der Waals surface area contributed by atoms with Crippen LogP contribution in [0.15, 0.2) is 37.0 Å². The molecule has 0 rings (SSSR count). The third kappa shape index (κ3) is 2.92. The van der Waals surface area contributed by atoms with Crippen molar-refractivity contribution in [3.63, 3.8) is 0 Å². The Morgan fingerprint density at radius 1 is 1.62 bits per heavy atom. The van der Waals surface area contributed by atoms with Crippen molar-refractivity contribution in [1.82, 2.24) is 0 Å². The Hall–Kier alpha value is -1.29. The minimum atomic E-state index is 0.756. The molecule has 0 radical (unpaired) electrons. The Bertz CT molecular complexity index is 158. The fourth-order valence-electron chi connectivity index (χ4n) is 0.212. The molecule has 1 heteroatoms. The predicted octanol–water partition coefficient (Wildman–Crippen LogP) is 1.81. The summed E-state index contributed by atoms with van der Waals surface area (Å²) in [5.74, 6) is 0. The van der Waals surface area contributed by atoms with Gasteiger partial charge in [-0.15, -0.1) is 0 Å². The van der Waals surface area contributed by atoms with E-state index in [1.54, 1.807) is 12.2 Å². The van der Waals surface area contributed by atoms with Crippen LogP contribution < -0.4 is 0 Å². The van der Waals surface area contributed by atoms with E-state index in [0.29, 0.717) is 0 Å². The Balaban J connectivity index is 3.75. The third-order valence-corrected chi connectivity index (χ3v) is 0.634. The van der Waals surface area contributed by atoms with Gasteiger partial charge in [0.2, 0.25) is 0 Å². The fourth-order valence-corrected chi connectivity index (χ4v) is 0.212. The molecule has 0 amide bonds. The molecule has 40 valence electrons. The highest BCUT2D eigenvalue weighted by Crippen LogP contribution is 1.90. The summed E-state index contributed by atoms with van der Waals surface area (Å²) in [6.07, 6.45) is 4.56. The van der Waals surface area contributed by atoms with Crippen LogP contribution in [0.25, 0.3) is 0 Å². The molecule has 0 fully saturated rings. The van der Waals surface area contributed by atoms with E-state index in [0.717, 1.165) is 5.57 Å². The molecule has 0 bridgehead atoms. The second-order valence-corrected chi connectivity index (χ2v) is 1.24. The van der Waals surface area contributed by atoms with Crippen molar-refractivity contribution in [3.8, 4) is 6.07 Å². The largest absolute Gasteiger partial charge is 0.193 e. The maximum atomic E-state index is 8.00. The fraction of sp³-hybridized carbons (Fsp3) is 0. The van der Waals surface area contributed by atoms with E-state index in [1.807, 2.05) is 6.07 Å². The molecule has 0 N–H and O–H groups in total. The number of nitrogens with zero attached hydrogens (tertiary/aromatic N) is 1. The van der Waals surface area contributed by atoms with Gasteiger partial charge in [0.1, 0.15) is 0 Å². The van der Waals surface area contributed by atoms with Crippen LogP contribution in [0, 0.1) is 11.3 Å². The molecular formula is C7H7N. The number of rotatable bonds is 2. The van der Waals surface area contributed by atoms with Crippen LogP contribution in [-0.2, 0) is 0 Å². The Morgan fingerprint density at radius 2 is 2.25 bits per heavy atom. The van der Waals surface area contributed by atoms with E-state index in [4.69, 9.17) is 5.26 Å². The van der Waals surface area contributed by atoms with Gasteiger partial charge in [-0.05, 0) is 11.6 Å². The first-order valence-corrected chi connectivity index (χ1v) is 2.18. The highest BCUT2D eigenvalue weighted by molar-refractivity contribution is 5.28. The molecule has 0 aromatic heterocycles. The van der Waals surface area contributed by atoms with Gasteiger partial charge in [-0.2, -0.15) is 5.26 Å². The molecule has 0 unspecified atom stereocenters. The monoisotopic (exact) mass is 105 g/mol. The average molecular weight is 105 g/mol. The summed E-state index contributed by atoms with van der Waals surface area (Å²) in [5.41, 5.74) is 0.756. The molecule has 8 heavy (non-hydrogen) atoms. The molecule has 0 aliphatic rings. The van der Waals surface area contributed by atoms with Crippen molar-refractivity contribution in [1.29, 1.82) is 5.26 Å². The molecular weight excluding hydrogens is 98.1 g/mol. The van der Waals surface area contributed by atoms with E-state index >= 15 is 0 Å². The van der Waals surface area contributed by atoms with Crippen LogP contribution in [0.5, 0.6) is 0 Å². The molecule has 0 saturated carbocycles. The molecule has 0 aliphatic heterocycles. The highest BCUT2D eigenvalue weighted by Gasteiger charge is 1.71. The zero-order valence-corrected chi connectivity index (χ0v) is 4.59. The van der Waals surface area contributed by atoms with E-state index in [2.05, 4.69) is 13.2 Å². The normalized spacial score (nSPS) is 8.38. The Kier molecular flexibility index (Phi) is 3.26. The summed E-state index contributed by atoms with van der Waals surface area (Å²) < 4.78 is 0. The zero-order chi connectivity index (χ0) is 6.41. The lowest BCUT2D eigenvalue weighted by molar-refractivity contribution is 1.53. The lowest BCUT2D eigenvalue weighted by Crippen LogP contribution is -1.60. The molecule has 1 nitrogen and oxygen atoms in total. The maximum absolute atomic E-state index is 8.00. The van der Waals surface area contributed by atoms with Crippen LogP contribution in [0.4, 0.5) is 0 Å². The van der Waals surface area contributed by atoms with Gasteiger partial charge in [0.25, 0.3) is 0 Å². The molecule has 0 aromatic carbocycles. The van der Waals surface area contributed by atoms with Crippen molar-refractivity contribution in [2.45, 2.75) is 0 Å². The molecule has 0 saturated heterocycles. The second kappa shape index (κ2) is 3.89. The van der Waals surface area contributed by atoms with Gasteiger partial charge in [-0.1, -0.05) is 19.2 Å². The first-order valence-electron chi connectivity index (χ1n) is 2.18. The highest BCUT2D eigenvalue weighted by atomic mass is 14.2. The lowest BCUT2D eigenvalue weighted by atomic mass is 10.3. The zero-order valence-electron chi connectivity index (χ0n) is 4.59. The van der Waals surface area contributed by atoms with Gasteiger partial charge in [-0.3, -0.25) is 0 Å². The van der Waals surface area contributed by atoms with Crippen LogP contribution in [0.3, 0.4) is 0 Å². The second-order valence-electron chi connectivity index (χ2n) is 1.24. The summed E-state index contributed by atoms with van der Waals surface area (Å²) in [7, 11) is 0. The number of hydrogen-bond donors (Lipinski definition) is 0. The predicted molar refractivity (Wildman–Crippen MR) is 34.1 cm³/mol. The summed E-state index contributed by atoms with van der Waals surface area (Å²) in [6.45, 7) is 7.01. The van der Waals surface area contributed by atoms with Crippen molar-refractivity contribution in [2.24, 2.45) is 0 Å². The van der Waals surface area contributed by atoms with E-state index < -0.39 is 0 Å². The smallest absolute Gasteiger partial charge is 0.0912 e. The van der Waals surface area contributed by atoms with E-state index in [9.17, 15) is 0 Å². The van der Waals surface area contributed by atoms with Crippen LogP contribution in [0.1, 0.15) is 0 Å². The standard InChI is InChI=1S/C7H7N/c1-3-7(2)5-4-6-8/h3-5H,1-2H2. The molecule has 0 atom stereocenters. The quantitative estimate of drug-likeness (QED) is 0.388. The van der Waals surface area contributed by atoms with Gasteiger partial charge in [-0.25, -0.2) is 0 Å². The van der Waals surface area contributed by atoms with Gasteiger partial charge in [0.15, 0.2) is 0 Å². The van der Waals surface area contributed by atoms with Crippen molar-refractivity contribution in [2.75, 3.05) is 0 Å². The molecule has 0 aliphatic carbocycles. The third-order valence-electron chi connectivity index (χ3n) is 0.634. The SMILES string of the molecule is C=CC(=C)C=CC#N. The van der Waals surface area contributed by atoms with Crippen molar-refractivity contribution >= 4 is 0 Å². The average Bonchev–Trinajstić information content (AvgIpc) is 1.83. The van der Waals surface area contributed by atoms with Gasteiger partial charge >= 0.3 is 0 Å².